The van der Waals surface area contributed by atoms with Gasteiger partial charge in [0.25, 0.3) is 0 Å². The van der Waals surface area contributed by atoms with E-state index in [2.05, 4.69) is 56.9 Å². The van der Waals surface area contributed by atoms with Crippen molar-refractivity contribution in [1.29, 1.82) is 0 Å². The van der Waals surface area contributed by atoms with Gasteiger partial charge in [-0.1, -0.05) is 111 Å². The number of unbranched alkanes of at least 4 members (excludes halogenated alkanes) is 8. The number of benzene rings is 4. The van der Waals surface area contributed by atoms with E-state index in [-0.39, 0.29) is 62.4 Å². The summed E-state index contributed by atoms with van der Waals surface area (Å²) in [6.45, 7) is 19.1. The van der Waals surface area contributed by atoms with Gasteiger partial charge in [-0.05, 0) is 77.1 Å². The lowest BCUT2D eigenvalue weighted by Gasteiger charge is -2.38. The highest BCUT2D eigenvalue weighted by atomic mass is 16.5. The highest BCUT2D eigenvalue weighted by Crippen LogP contribution is 2.58. The Kier molecular flexibility index (Phi) is 21.6. The lowest BCUT2D eigenvalue weighted by molar-refractivity contribution is 0.0469. The summed E-state index contributed by atoms with van der Waals surface area (Å²) >= 11 is 0. The molecule has 4 heterocycles. The highest BCUT2D eigenvalue weighted by molar-refractivity contribution is 5.69. The van der Waals surface area contributed by atoms with Crippen molar-refractivity contribution in [1.82, 2.24) is 19.6 Å². The van der Waals surface area contributed by atoms with Crippen LogP contribution in [0.4, 0.5) is 0 Å². The molecule has 5 aliphatic rings. The molecule has 0 radical (unpaired) electrons. The predicted molar refractivity (Wildman–Crippen MR) is 327 cm³/mol. The molecule has 464 valence electrons. The van der Waals surface area contributed by atoms with Gasteiger partial charge in [0.05, 0.1) is 41.1 Å². The second kappa shape index (κ2) is 28.6. The molecule has 4 aromatic rings. The van der Waals surface area contributed by atoms with Crippen molar-refractivity contribution in [3.63, 3.8) is 0 Å². The number of aliphatic hydroxyl groups is 4. The van der Waals surface area contributed by atoms with Crippen LogP contribution in [-0.2, 0) is 26.2 Å². The molecule has 16 heteroatoms. The van der Waals surface area contributed by atoms with E-state index >= 15 is 0 Å². The number of aromatic hydroxyl groups is 4. The van der Waals surface area contributed by atoms with Crippen molar-refractivity contribution in [3.8, 4) is 46.0 Å². The summed E-state index contributed by atoms with van der Waals surface area (Å²) in [5.74, 6) is 0.532. The number of ether oxygens (including phenoxy) is 4. The number of fused-ring (bicyclic) bond motifs is 16. The number of phenols is 4. The van der Waals surface area contributed by atoms with Gasteiger partial charge in [0, 0.05) is 121 Å². The molecule has 4 aliphatic heterocycles. The number of hydrogen-bond donors (Lipinski definition) is 8. The molecule has 0 fully saturated rings. The Bertz CT molecular complexity index is 2870. The minimum Gasteiger partial charge on any atom is -0.507 e. The van der Waals surface area contributed by atoms with Crippen molar-refractivity contribution in [2.75, 3.05) is 53.1 Å². The van der Waals surface area contributed by atoms with Gasteiger partial charge in [-0.2, -0.15) is 0 Å². The first-order valence-corrected chi connectivity index (χ1v) is 32.1. The zero-order chi connectivity index (χ0) is 59.9. The number of β-amino-alcohol motifs (C(OH)–C–C–N with tert-alkyl or cyclic N) is 4. The van der Waals surface area contributed by atoms with Crippen LogP contribution in [0.1, 0.15) is 249 Å². The average Bonchev–Trinajstić information content (AvgIpc) is 2.66. The van der Waals surface area contributed by atoms with E-state index in [0.717, 1.165) is 105 Å². The fraction of sp³-hybridized carbons (Fsp3) is 0.647. The number of phenolic OH excluding ortho intramolecular Hbond substituents is 4. The van der Waals surface area contributed by atoms with Gasteiger partial charge >= 0.3 is 0 Å². The van der Waals surface area contributed by atoms with E-state index in [4.69, 9.17) is 18.9 Å². The zero-order valence-corrected chi connectivity index (χ0v) is 51.7. The third-order valence-corrected chi connectivity index (χ3v) is 18.2. The van der Waals surface area contributed by atoms with Crippen LogP contribution in [0.15, 0.2) is 24.3 Å². The maximum Gasteiger partial charge on any atom is 0.168 e. The molecule has 0 aromatic heterocycles. The Balaban J connectivity index is 1.47. The molecule has 1 aliphatic carbocycles. The number of rotatable bonds is 24. The van der Waals surface area contributed by atoms with Crippen LogP contribution in [-0.4, -0.2) is 138 Å². The topological polar surface area (TPSA) is 212 Å². The number of aliphatic hydroxyl groups excluding tert-OH is 4. The van der Waals surface area contributed by atoms with Gasteiger partial charge in [0.1, 0.15) is 61.4 Å². The highest BCUT2D eigenvalue weighted by Gasteiger charge is 2.41. The second-order valence-corrected chi connectivity index (χ2v) is 25.6. The maximum absolute atomic E-state index is 13.3. The van der Waals surface area contributed by atoms with Crippen LogP contribution in [0.25, 0.3) is 0 Å². The second-order valence-electron chi connectivity index (χ2n) is 25.6. The lowest BCUT2D eigenvalue weighted by Crippen LogP contribution is -2.38. The van der Waals surface area contributed by atoms with Gasteiger partial charge < -0.3 is 59.8 Å². The smallest absolute Gasteiger partial charge is 0.168 e. The van der Waals surface area contributed by atoms with Crippen LogP contribution < -0.4 is 18.9 Å². The predicted octanol–water partition coefficient (Wildman–Crippen LogP) is 11.8. The third kappa shape index (κ3) is 13.9. The van der Waals surface area contributed by atoms with Crippen molar-refractivity contribution in [3.05, 3.63) is 91.0 Å². The monoisotopic (exact) mass is 1160 g/mol. The van der Waals surface area contributed by atoms with E-state index in [9.17, 15) is 40.9 Å². The van der Waals surface area contributed by atoms with Gasteiger partial charge in [-0.15, -0.1) is 0 Å². The first-order chi connectivity index (χ1) is 40.5. The summed E-state index contributed by atoms with van der Waals surface area (Å²) in [7, 11) is 0. The molecule has 16 nitrogen and oxygen atoms in total. The fourth-order valence-electron chi connectivity index (χ4n) is 14.4. The molecule has 0 saturated carbocycles. The number of nitrogens with zero attached hydrogens (tertiary/aromatic N) is 4. The van der Waals surface area contributed by atoms with E-state index < -0.39 is 42.2 Å². The van der Waals surface area contributed by atoms with Crippen LogP contribution in [0.5, 0.6) is 46.0 Å². The van der Waals surface area contributed by atoms with Gasteiger partial charge in [-0.25, -0.2) is 0 Å². The molecule has 84 heavy (non-hydrogen) atoms. The molecule has 0 amide bonds. The van der Waals surface area contributed by atoms with Crippen LogP contribution in [0.3, 0.4) is 0 Å². The Morgan fingerprint density at radius 3 is 0.893 bits per heavy atom. The van der Waals surface area contributed by atoms with Crippen LogP contribution in [0.2, 0.25) is 0 Å². The van der Waals surface area contributed by atoms with Gasteiger partial charge in [0.2, 0.25) is 0 Å². The SMILES string of the molecule is CCCCCC1c2cc(c3c(c2O)CN(C[C@@H](C)O)CO3)C(CCCCC)c2cc(c3c(c2O)CN(C[C@@H](C)O)CO3)C(CCCCC)c2cc(c3c(c2O)OCN(C[C@@H](C)O)C3)C(CCCCC)c2cc1c(O)c1c2OCN(C[C@@H](C)O)C1. The average molecular weight is 1170 g/mol. The Hall–Kier alpha value is -5.04. The standard InChI is InChI=1S/C68H100N4O12/c1-9-13-17-21-45-49-25-53(64(80)68-57(49)33-69(40-84-68)29-41(5)73)48(24-20-16-12-4)56-28-52(63(79)60-36-72(32-44(8)76)39-83-67(56)60)47(23-19-15-11-3)55-27-51(62(78)59-35-71(31-43(7)75)38-82-66(55)59)46(22-18-14-10-2)50-26-54(45)65-58(61(50)77)34-70(37-81-65)30-42(6)74/h25-28,41-48,73-80H,9-24,29-40H2,1-8H3/t41-,42-,43-,44-,45?,46?,47?,48?/m1/s1. The molecule has 8 N–H and O–H groups in total. The van der Waals surface area contributed by atoms with Crippen molar-refractivity contribution < 1.29 is 59.8 Å². The zero-order valence-electron chi connectivity index (χ0n) is 51.7. The van der Waals surface area contributed by atoms with E-state index in [0.29, 0.717) is 133 Å². The van der Waals surface area contributed by atoms with Crippen LogP contribution >= 0.6 is 0 Å². The maximum atomic E-state index is 13.3. The first-order valence-electron chi connectivity index (χ1n) is 32.1. The van der Waals surface area contributed by atoms with E-state index in [1.54, 1.807) is 27.7 Å². The van der Waals surface area contributed by atoms with Gasteiger partial charge in [-0.3, -0.25) is 19.6 Å². The summed E-state index contributed by atoms with van der Waals surface area (Å²) in [6.07, 6.45) is 10.7. The molecular weight excluding hydrogens is 1060 g/mol. The number of hydrogen-bond acceptors (Lipinski definition) is 16. The van der Waals surface area contributed by atoms with Crippen molar-refractivity contribution >= 4 is 0 Å². The molecule has 8 bridgehead atoms. The summed E-state index contributed by atoms with van der Waals surface area (Å²) < 4.78 is 27.6. The van der Waals surface area contributed by atoms with E-state index in [1.807, 2.05) is 14.7 Å². The Morgan fingerprint density at radius 2 is 0.595 bits per heavy atom. The Morgan fingerprint density at radius 1 is 0.345 bits per heavy atom. The summed E-state index contributed by atoms with van der Waals surface area (Å²) in [5, 5.41) is 96.6. The largest absolute Gasteiger partial charge is 0.507 e. The summed E-state index contributed by atoms with van der Waals surface area (Å²) in [6, 6.07) is 8.60. The van der Waals surface area contributed by atoms with Crippen LogP contribution in [0, 0.1) is 0 Å². The molecule has 0 spiro atoms. The summed E-state index contributed by atoms with van der Waals surface area (Å²) in [4.78, 5) is 8.11. The molecule has 4 aromatic carbocycles. The quantitative estimate of drug-likeness (QED) is 0.0307. The molecular formula is C68H100N4O12. The minimum absolute atomic E-state index is 0.0524. The third-order valence-electron chi connectivity index (χ3n) is 18.2. The normalized spacial score (nSPS) is 21.4. The molecule has 4 unspecified atom stereocenters. The minimum atomic E-state index is -0.668. The van der Waals surface area contributed by atoms with Crippen molar-refractivity contribution in [2.45, 2.75) is 232 Å². The lowest BCUT2D eigenvalue weighted by atomic mass is 9.74. The molecule has 8 atom stereocenters. The fourth-order valence-corrected chi connectivity index (χ4v) is 14.4. The molecule has 9 rings (SSSR count). The van der Waals surface area contributed by atoms with E-state index in [1.165, 1.54) is 0 Å². The molecule has 0 saturated heterocycles. The first kappa shape index (κ1) is 63.5. The van der Waals surface area contributed by atoms with Gasteiger partial charge in [0.15, 0.2) is 11.5 Å². The summed E-state index contributed by atoms with van der Waals surface area (Å²) in [5.41, 5.74) is 8.80. The Labute approximate surface area is 499 Å². The van der Waals surface area contributed by atoms with Crippen molar-refractivity contribution in [2.24, 2.45) is 0 Å².